The first-order valence-corrected chi connectivity index (χ1v) is 9.11. The lowest BCUT2D eigenvalue weighted by atomic mass is 10.2. The topological polar surface area (TPSA) is 69.7 Å². The number of carbonyl (C=O) groups excluding carboxylic acids is 1. The fraction of sp³-hybridized carbons (Fsp3) is 0.200. The zero-order valence-electron chi connectivity index (χ0n) is 15.3. The Hall–Kier alpha value is -3.06. The van der Waals surface area contributed by atoms with Crippen molar-refractivity contribution in [2.24, 2.45) is 0 Å². The maximum atomic E-state index is 12.4. The van der Waals surface area contributed by atoms with Gasteiger partial charge in [0.2, 0.25) is 5.91 Å². The van der Waals surface area contributed by atoms with Gasteiger partial charge < -0.3 is 19.5 Å². The maximum Gasteiger partial charge on any atom is 0.230 e. The Labute approximate surface area is 161 Å². The number of carbonyl (C=O) groups is 1. The Kier molecular flexibility index (Phi) is 5.93. The quantitative estimate of drug-likeness (QED) is 0.666. The minimum atomic E-state index is -0.162. The van der Waals surface area contributed by atoms with Gasteiger partial charge in [-0.25, -0.2) is 4.98 Å². The van der Waals surface area contributed by atoms with Gasteiger partial charge in [0, 0.05) is 17.0 Å². The van der Waals surface area contributed by atoms with E-state index in [-0.39, 0.29) is 12.3 Å². The molecule has 3 rings (SSSR count). The second kappa shape index (κ2) is 8.55. The molecule has 1 amide bonds. The van der Waals surface area contributed by atoms with Crippen molar-refractivity contribution in [1.82, 2.24) is 4.98 Å². The maximum absolute atomic E-state index is 12.4. The highest BCUT2D eigenvalue weighted by Crippen LogP contribution is 2.29. The molecule has 3 aromatic rings. The van der Waals surface area contributed by atoms with Crippen molar-refractivity contribution in [2.45, 2.75) is 6.42 Å². The Morgan fingerprint density at radius 1 is 1.00 bits per heavy atom. The van der Waals surface area contributed by atoms with Gasteiger partial charge in [-0.1, -0.05) is 0 Å². The number of methoxy groups -OCH3 is 3. The van der Waals surface area contributed by atoms with E-state index >= 15 is 0 Å². The predicted octanol–water partition coefficient (Wildman–Crippen LogP) is 4.02. The third-order valence-electron chi connectivity index (χ3n) is 3.91. The lowest BCUT2D eigenvalue weighted by molar-refractivity contribution is -0.115. The van der Waals surface area contributed by atoms with Crippen molar-refractivity contribution in [3.05, 3.63) is 53.5 Å². The molecule has 27 heavy (non-hydrogen) atoms. The molecular formula is C20H20N2O4S. The molecule has 0 atom stereocenters. The number of hydrogen-bond donors (Lipinski definition) is 1. The van der Waals surface area contributed by atoms with Crippen LogP contribution in [0.1, 0.15) is 5.69 Å². The molecule has 1 N–H and O–H groups in total. The first-order valence-electron chi connectivity index (χ1n) is 8.23. The number of nitrogens with one attached hydrogen (secondary N) is 1. The number of hydrogen-bond acceptors (Lipinski definition) is 6. The van der Waals surface area contributed by atoms with Crippen molar-refractivity contribution in [3.8, 4) is 27.8 Å². The molecule has 0 bridgehead atoms. The van der Waals surface area contributed by atoms with Crippen LogP contribution in [0.25, 0.3) is 10.6 Å². The van der Waals surface area contributed by atoms with Gasteiger partial charge in [0.05, 0.1) is 39.1 Å². The number of anilines is 1. The minimum absolute atomic E-state index is 0.162. The monoisotopic (exact) mass is 384 g/mol. The first kappa shape index (κ1) is 18.7. The van der Waals surface area contributed by atoms with E-state index in [4.69, 9.17) is 14.2 Å². The Morgan fingerprint density at radius 3 is 2.37 bits per heavy atom. The number of amides is 1. The molecule has 1 aromatic heterocycles. The molecule has 140 valence electrons. The summed E-state index contributed by atoms with van der Waals surface area (Å²) in [4.78, 5) is 16.9. The summed E-state index contributed by atoms with van der Waals surface area (Å²) in [5, 5.41) is 5.61. The first-order chi connectivity index (χ1) is 13.1. The van der Waals surface area contributed by atoms with Crippen LogP contribution < -0.4 is 19.5 Å². The summed E-state index contributed by atoms with van der Waals surface area (Å²) in [5.41, 5.74) is 2.30. The molecule has 0 spiro atoms. The molecule has 0 radical (unpaired) electrons. The van der Waals surface area contributed by atoms with Gasteiger partial charge in [-0.15, -0.1) is 11.3 Å². The van der Waals surface area contributed by atoms with E-state index in [1.54, 1.807) is 39.5 Å². The van der Waals surface area contributed by atoms with E-state index in [2.05, 4.69) is 10.3 Å². The molecule has 0 unspecified atom stereocenters. The van der Waals surface area contributed by atoms with Gasteiger partial charge in [-0.2, -0.15) is 0 Å². The second-order valence-corrected chi connectivity index (χ2v) is 6.52. The van der Waals surface area contributed by atoms with Crippen LogP contribution in [-0.4, -0.2) is 32.2 Å². The van der Waals surface area contributed by atoms with Gasteiger partial charge in [0.25, 0.3) is 0 Å². The van der Waals surface area contributed by atoms with Crippen LogP contribution in [0.3, 0.4) is 0 Å². The number of benzene rings is 2. The summed E-state index contributed by atoms with van der Waals surface area (Å²) in [5.74, 6) is 1.83. The van der Waals surface area contributed by atoms with Gasteiger partial charge in [0.15, 0.2) is 0 Å². The summed E-state index contributed by atoms with van der Waals surface area (Å²) in [6.07, 6.45) is 0.182. The van der Waals surface area contributed by atoms with Crippen LogP contribution >= 0.6 is 11.3 Å². The summed E-state index contributed by atoms with van der Waals surface area (Å²) in [7, 11) is 4.76. The average Bonchev–Trinajstić information content (AvgIpc) is 3.16. The summed E-state index contributed by atoms with van der Waals surface area (Å²) in [6.45, 7) is 0. The molecule has 2 aromatic carbocycles. The molecule has 1 heterocycles. The molecular weight excluding hydrogens is 364 g/mol. The van der Waals surface area contributed by atoms with Crippen molar-refractivity contribution in [1.29, 1.82) is 0 Å². The second-order valence-electron chi connectivity index (χ2n) is 5.66. The number of nitrogens with zero attached hydrogens (tertiary/aromatic N) is 1. The van der Waals surface area contributed by atoms with Gasteiger partial charge in [-0.05, 0) is 36.4 Å². The number of aromatic nitrogens is 1. The van der Waals surface area contributed by atoms with Crippen LogP contribution in [-0.2, 0) is 11.2 Å². The third-order valence-corrected chi connectivity index (χ3v) is 4.85. The zero-order chi connectivity index (χ0) is 19.2. The Morgan fingerprint density at radius 2 is 1.70 bits per heavy atom. The van der Waals surface area contributed by atoms with Crippen LogP contribution in [0.2, 0.25) is 0 Å². The van der Waals surface area contributed by atoms with E-state index < -0.39 is 0 Å². The van der Waals surface area contributed by atoms with Crippen molar-refractivity contribution in [3.63, 3.8) is 0 Å². The average molecular weight is 384 g/mol. The Balaban J connectivity index is 1.67. The smallest absolute Gasteiger partial charge is 0.230 e. The fourth-order valence-electron chi connectivity index (χ4n) is 2.52. The van der Waals surface area contributed by atoms with E-state index in [9.17, 15) is 4.79 Å². The molecule has 6 nitrogen and oxygen atoms in total. The van der Waals surface area contributed by atoms with E-state index in [1.165, 1.54) is 11.3 Å². The van der Waals surface area contributed by atoms with E-state index in [0.29, 0.717) is 17.2 Å². The van der Waals surface area contributed by atoms with E-state index in [0.717, 1.165) is 22.0 Å². The summed E-state index contributed by atoms with van der Waals surface area (Å²) < 4.78 is 15.6. The number of ether oxygens (including phenoxy) is 3. The minimum Gasteiger partial charge on any atom is -0.497 e. The molecule has 0 saturated heterocycles. The molecule has 0 aliphatic carbocycles. The Bertz CT molecular complexity index is 922. The normalized spacial score (nSPS) is 10.3. The molecule has 0 fully saturated rings. The lowest BCUT2D eigenvalue weighted by Crippen LogP contribution is -2.15. The lowest BCUT2D eigenvalue weighted by Gasteiger charge is -2.11. The highest BCUT2D eigenvalue weighted by molar-refractivity contribution is 7.13. The summed E-state index contributed by atoms with van der Waals surface area (Å²) in [6, 6.07) is 12.9. The van der Waals surface area contributed by atoms with Crippen LogP contribution in [0.15, 0.2) is 47.8 Å². The van der Waals surface area contributed by atoms with Crippen molar-refractivity contribution < 1.29 is 19.0 Å². The predicted molar refractivity (Wildman–Crippen MR) is 106 cm³/mol. The molecule has 7 heteroatoms. The van der Waals surface area contributed by atoms with Gasteiger partial charge in [0.1, 0.15) is 22.3 Å². The zero-order valence-corrected chi connectivity index (χ0v) is 16.1. The largest absolute Gasteiger partial charge is 0.497 e. The van der Waals surface area contributed by atoms with Crippen molar-refractivity contribution >= 4 is 22.9 Å². The van der Waals surface area contributed by atoms with Crippen LogP contribution in [0.4, 0.5) is 5.69 Å². The highest BCUT2D eigenvalue weighted by Gasteiger charge is 2.12. The van der Waals surface area contributed by atoms with Gasteiger partial charge >= 0.3 is 0 Å². The summed E-state index contributed by atoms with van der Waals surface area (Å²) >= 11 is 1.50. The van der Waals surface area contributed by atoms with Crippen LogP contribution in [0, 0.1) is 0 Å². The third kappa shape index (κ3) is 4.57. The SMILES string of the molecule is COc1ccc(-c2nc(CC(=O)Nc3ccc(OC)cc3OC)cs2)cc1. The van der Waals surface area contributed by atoms with Gasteiger partial charge in [-0.3, -0.25) is 4.79 Å². The van der Waals surface area contributed by atoms with Crippen molar-refractivity contribution in [2.75, 3.05) is 26.6 Å². The molecule has 0 saturated carbocycles. The molecule has 0 aliphatic rings. The highest BCUT2D eigenvalue weighted by atomic mass is 32.1. The number of rotatable bonds is 7. The van der Waals surface area contributed by atoms with E-state index in [1.807, 2.05) is 29.6 Å². The van der Waals surface area contributed by atoms with Crippen LogP contribution in [0.5, 0.6) is 17.2 Å². The standard InChI is InChI=1S/C20H20N2O4S/c1-24-15-6-4-13(5-7-15)20-21-14(12-27-20)10-19(23)22-17-9-8-16(25-2)11-18(17)26-3/h4-9,11-12H,10H2,1-3H3,(H,22,23). The molecule has 0 aliphatic heterocycles. The number of thiazole rings is 1. The fourth-order valence-corrected chi connectivity index (χ4v) is 3.34.